The van der Waals surface area contributed by atoms with Gasteiger partial charge in [-0.15, -0.1) is 0 Å². The van der Waals surface area contributed by atoms with E-state index < -0.39 is 0 Å². The SMILES string of the molecule is Cc1ccc(Cn2c(C#N)cc(N)c2Br)cc1. The third-order valence-electron chi connectivity index (χ3n) is 2.63. The molecule has 1 aromatic heterocycles. The van der Waals surface area contributed by atoms with Crippen LogP contribution >= 0.6 is 15.9 Å². The van der Waals surface area contributed by atoms with E-state index in [1.54, 1.807) is 6.07 Å². The highest BCUT2D eigenvalue weighted by molar-refractivity contribution is 9.10. The van der Waals surface area contributed by atoms with Crippen LogP contribution in [-0.2, 0) is 6.54 Å². The molecule has 0 spiro atoms. The number of halogens is 1. The van der Waals surface area contributed by atoms with Gasteiger partial charge in [0.25, 0.3) is 0 Å². The van der Waals surface area contributed by atoms with Gasteiger partial charge in [-0.3, -0.25) is 0 Å². The lowest BCUT2D eigenvalue weighted by molar-refractivity contribution is 0.776. The van der Waals surface area contributed by atoms with Crippen molar-refractivity contribution in [3.05, 3.63) is 51.8 Å². The van der Waals surface area contributed by atoms with Crippen LogP contribution in [0.15, 0.2) is 34.9 Å². The van der Waals surface area contributed by atoms with Crippen molar-refractivity contribution in [1.82, 2.24) is 4.57 Å². The zero-order valence-electron chi connectivity index (χ0n) is 9.44. The molecule has 0 saturated carbocycles. The molecule has 0 aliphatic heterocycles. The van der Waals surface area contributed by atoms with Crippen LogP contribution in [0.5, 0.6) is 0 Å². The minimum absolute atomic E-state index is 0.565. The van der Waals surface area contributed by atoms with Gasteiger partial charge >= 0.3 is 0 Å². The van der Waals surface area contributed by atoms with Crippen molar-refractivity contribution in [3.63, 3.8) is 0 Å². The zero-order valence-corrected chi connectivity index (χ0v) is 11.0. The largest absolute Gasteiger partial charge is 0.397 e. The Labute approximate surface area is 109 Å². The summed E-state index contributed by atoms with van der Waals surface area (Å²) in [7, 11) is 0. The summed E-state index contributed by atoms with van der Waals surface area (Å²) in [5, 5.41) is 9.03. The number of benzene rings is 1. The van der Waals surface area contributed by atoms with Crippen molar-refractivity contribution in [2.75, 3.05) is 5.73 Å². The Morgan fingerprint density at radius 3 is 2.59 bits per heavy atom. The molecule has 0 bridgehead atoms. The summed E-state index contributed by atoms with van der Waals surface area (Å²) < 4.78 is 2.62. The lowest BCUT2D eigenvalue weighted by Gasteiger charge is -2.07. The first kappa shape index (κ1) is 11.7. The number of hydrogen-bond donors (Lipinski definition) is 1. The third kappa shape index (κ3) is 2.34. The van der Waals surface area contributed by atoms with Crippen molar-refractivity contribution < 1.29 is 0 Å². The normalized spacial score (nSPS) is 10.2. The van der Waals surface area contributed by atoms with Crippen LogP contribution in [0.2, 0.25) is 0 Å². The van der Waals surface area contributed by atoms with Crippen molar-refractivity contribution in [2.24, 2.45) is 0 Å². The van der Waals surface area contributed by atoms with E-state index in [4.69, 9.17) is 11.0 Å². The van der Waals surface area contributed by atoms with Crippen LogP contribution in [0, 0.1) is 18.3 Å². The Kier molecular flexibility index (Phi) is 3.21. The highest BCUT2D eigenvalue weighted by atomic mass is 79.9. The molecule has 0 radical (unpaired) electrons. The van der Waals surface area contributed by atoms with Crippen LogP contribution in [0.25, 0.3) is 0 Å². The number of nitriles is 1. The van der Waals surface area contributed by atoms with E-state index >= 15 is 0 Å². The van der Waals surface area contributed by atoms with E-state index in [-0.39, 0.29) is 0 Å². The molecule has 3 nitrogen and oxygen atoms in total. The maximum atomic E-state index is 9.03. The first-order chi connectivity index (χ1) is 8.11. The van der Waals surface area contributed by atoms with Gasteiger partial charge in [-0.25, -0.2) is 0 Å². The van der Waals surface area contributed by atoms with Crippen molar-refractivity contribution in [1.29, 1.82) is 5.26 Å². The molecule has 1 aromatic carbocycles. The summed E-state index contributed by atoms with van der Waals surface area (Å²) in [5.41, 5.74) is 9.30. The van der Waals surface area contributed by atoms with Gasteiger partial charge in [0.1, 0.15) is 16.4 Å². The molecule has 2 N–H and O–H groups in total. The summed E-state index contributed by atoms with van der Waals surface area (Å²) in [5.74, 6) is 0. The molecule has 2 aromatic rings. The summed E-state index contributed by atoms with van der Waals surface area (Å²) in [4.78, 5) is 0. The van der Waals surface area contributed by atoms with Gasteiger partial charge in [-0.05, 0) is 34.5 Å². The van der Waals surface area contributed by atoms with Crippen molar-refractivity contribution in [2.45, 2.75) is 13.5 Å². The Morgan fingerprint density at radius 1 is 1.35 bits per heavy atom. The molecule has 0 unspecified atom stereocenters. The van der Waals surface area contributed by atoms with Gasteiger partial charge in [0.05, 0.1) is 5.69 Å². The minimum atomic E-state index is 0.565. The van der Waals surface area contributed by atoms with Gasteiger partial charge in [0, 0.05) is 6.54 Å². The summed E-state index contributed by atoms with van der Waals surface area (Å²) in [6.45, 7) is 2.69. The molecule has 4 heteroatoms. The molecule has 0 amide bonds. The smallest absolute Gasteiger partial charge is 0.123 e. The lowest BCUT2D eigenvalue weighted by Crippen LogP contribution is -2.02. The summed E-state index contributed by atoms with van der Waals surface area (Å²) in [6, 6.07) is 12.0. The van der Waals surface area contributed by atoms with Crippen LogP contribution in [0.1, 0.15) is 16.8 Å². The van der Waals surface area contributed by atoms with E-state index in [1.165, 1.54) is 5.56 Å². The predicted octanol–water partition coefficient (Wildman–Crippen LogP) is 3.06. The van der Waals surface area contributed by atoms with E-state index in [0.29, 0.717) is 17.9 Å². The second-order valence-electron chi connectivity index (χ2n) is 3.96. The Bertz CT molecular complexity index is 576. The molecule has 0 fully saturated rings. The maximum absolute atomic E-state index is 9.03. The van der Waals surface area contributed by atoms with Gasteiger partial charge in [-0.2, -0.15) is 5.26 Å². The second kappa shape index (κ2) is 4.64. The third-order valence-corrected chi connectivity index (χ3v) is 3.52. The highest BCUT2D eigenvalue weighted by Gasteiger charge is 2.10. The van der Waals surface area contributed by atoms with Crippen molar-refractivity contribution in [3.8, 4) is 6.07 Å². The fourth-order valence-corrected chi connectivity index (χ4v) is 2.10. The monoisotopic (exact) mass is 289 g/mol. The van der Waals surface area contributed by atoms with E-state index in [0.717, 1.165) is 10.2 Å². The Morgan fingerprint density at radius 2 is 2.00 bits per heavy atom. The quantitative estimate of drug-likeness (QED) is 0.924. The number of rotatable bonds is 2. The molecule has 0 atom stereocenters. The number of aromatic nitrogens is 1. The molecule has 1 heterocycles. The van der Waals surface area contributed by atoms with Crippen LogP contribution in [-0.4, -0.2) is 4.57 Å². The predicted molar refractivity (Wildman–Crippen MR) is 71.5 cm³/mol. The molecular formula is C13H12BrN3. The van der Waals surface area contributed by atoms with Gasteiger partial charge in [0.15, 0.2) is 0 Å². The molecule has 86 valence electrons. The number of aryl methyl sites for hydroxylation is 1. The molecule has 0 aliphatic rings. The van der Waals surface area contributed by atoms with Gasteiger partial charge in [-0.1, -0.05) is 29.8 Å². The van der Waals surface area contributed by atoms with E-state index in [2.05, 4.69) is 46.3 Å². The Balaban J connectivity index is 2.36. The number of nitrogen functional groups attached to an aromatic ring is 1. The standard InChI is InChI=1S/C13H12BrN3/c1-9-2-4-10(5-3-9)8-17-11(7-15)6-12(16)13(17)14/h2-6H,8,16H2,1H3. The lowest BCUT2D eigenvalue weighted by atomic mass is 10.1. The average molecular weight is 290 g/mol. The zero-order chi connectivity index (χ0) is 12.4. The van der Waals surface area contributed by atoms with Crippen LogP contribution in [0.3, 0.4) is 0 Å². The van der Waals surface area contributed by atoms with Crippen LogP contribution < -0.4 is 5.73 Å². The molecule has 0 saturated heterocycles. The topological polar surface area (TPSA) is 54.7 Å². The van der Waals surface area contributed by atoms with E-state index in [1.807, 2.05) is 11.5 Å². The molecule has 2 rings (SSSR count). The molecule has 0 aliphatic carbocycles. The number of nitrogens with zero attached hydrogens (tertiary/aromatic N) is 2. The number of hydrogen-bond acceptors (Lipinski definition) is 2. The van der Waals surface area contributed by atoms with Gasteiger partial charge in [0.2, 0.25) is 0 Å². The average Bonchev–Trinajstić information content (AvgIpc) is 2.59. The highest BCUT2D eigenvalue weighted by Crippen LogP contribution is 2.25. The number of nitrogens with two attached hydrogens (primary N) is 1. The summed E-state index contributed by atoms with van der Waals surface area (Å²) >= 11 is 3.40. The minimum Gasteiger partial charge on any atom is -0.397 e. The molecule has 17 heavy (non-hydrogen) atoms. The van der Waals surface area contributed by atoms with E-state index in [9.17, 15) is 0 Å². The first-order valence-corrected chi connectivity index (χ1v) is 6.01. The Hall–Kier alpha value is -1.73. The fourth-order valence-electron chi connectivity index (χ4n) is 1.67. The molecular weight excluding hydrogens is 278 g/mol. The van der Waals surface area contributed by atoms with Gasteiger partial charge < -0.3 is 10.3 Å². The first-order valence-electron chi connectivity index (χ1n) is 5.22. The summed E-state index contributed by atoms with van der Waals surface area (Å²) in [6.07, 6.45) is 0. The number of anilines is 1. The fraction of sp³-hybridized carbons (Fsp3) is 0.154. The maximum Gasteiger partial charge on any atom is 0.123 e. The second-order valence-corrected chi connectivity index (χ2v) is 4.71. The van der Waals surface area contributed by atoms with Crippen molar-refractivity contribution >= 4 is 21.6 Å². The van der Waals surface area contributed by atoms with Crippen LogP contribution in [0.4, 0.5) is 5.69 Å².